The number of nitrogens with zero attached hydrogens (tertiary/aromatic N) is 3. The lowest BCUT2D eigenvalue weighted by atomic mass is 10.2. The lowest BCUT2D eigenvalue weighted by Crippen LogP contribution is -1.92. The van der Waals surface area contributed by atoms with Gasteiger partial charge in [-0.25, -0.2) is 4.39 Å². The Bertz CT molecular complexity index is 490. The monoisotopic (exact) mass is 269 g/mol. The molecule has 0 amide bonds. The lowest BCUT2D eigenvalue weighted by molar-refractivity contribution is 0.621. The van der Waals surface area contributed by atoms with Gasteiger partial charge in [0.2, 0.25) is 0 Å². The second-order valence-corrected chi connectivity index (χ2v) is 4.03. The quantitative estimate of drug-likeness (QED) is 0.797. The number of pyridine rings is 1. The van der Waals surface area contributed by atoms with Crippen LogP contribution in [0.3, 0.4) is 0 Å². The largest absolute Gasteiger partial charge is 0.271 e. The van der Waals surface area contributed by atoms with Gasteiger partial charge in [-0.05, 0) is 35.0 Å². The fourth-order valence-electron chi connectivity index (χ4n) is 1.26. The van der Waals surface area contributed by atoms with Crippen molar-refractivity contribution < 1.29 is 4.39 Å². The van der Waals surface area contributed by atoms with Crippen molar-refractivity contribution in [3.05, 3.63) is 34.3 Å². The standard InChI is InChI=1S/C10H9BrFN3/c1-6-9(11)10(14-15(6)2)8-4-3-7(12)5-13-8/h3-5H,1-2H3. The van der Waals surface area contributed by atoms with Crippen LogP contribution in [0.25, 0.3) is 11.4 Å². The van der Waals surface area contributed by atoms with Crippen LogP contribution in [0.15, 0.2) is 22.8 Å². The van der Waals surface area contributed by atoms with Crippen molar-refractivity contribution in [2.24, 2.45) is 7.05 Å². The van der Waals surface area contributed by atoms with Crippen molar-refractivity contribution in [1.82, 2.24) is 14.8 Å². The molecule has 78 valence electrons. The number of aryl methyl sites for hydroxylation is 1. The van der Waals surface area contributed by atoms with Crippen molar-refractivity contribution in [2.45, 2.75) is 6.92 Å². The van der Waals surface area contributed by atoms with Crippen LogP contribution in [0.2, 0.25) is 0 Å². The van der Waals surface area contributed by atoms with E-state index in [4.69, 9.17) is 0 Å². The summed E-state index contributed by atoms with van der Waals surface area (Å²) >= 11 is 3.44. The third-order valence-electron chi connectivity index (χ3n) is 2.23. The van der Waals surface area contributed by atoms with Gasteiger partial charge in [0, 0.05) is 12.7 Å². The van der Waals surface area contributed by atoms with Crippen LogP contribution in [0, 0.1) is 12.7 Å². The van der Waals surface area contributed by atoms with Crippen molar-refractivity contribution >= 4 is 15.9 Å². The van der Waals surface area contributed by atoms with Crippen LogP contribution in [0.4, 0.5) is 4.39 Å². The lowest BCUT2D eigenvalue weighted by Gasteiger charge is -1.95. The molecular formula is C10H9BrFN3. The molecule has 0 fully saturated rings. The predicted molar refractivity (Wildman–Crippen MR) is 58.8 cm³/mol. The highest BCUT2D eigenvalue weighted by Crippen LogP contribution is 2.28. The van der Waals surface area contributed by atoms with Crippen LogP contribution in [-0.4, -0.2) is 14.8 Å². The van der Waals surface area contributed by atoms with E-state index in [1.54, 1.807) is 10.7 Å². The highest BCUT2D eigenvalue weighted by Gasteiger charge is 2.12. The fourth-order valence-corrected chi connectivity index (χ4v) is 1.80. The van der Waals surface area contributed by atoms with Crippen molar-refractivity contribution in [1.29, 1.82) is 0 Å². The third-order valence-corrected chi connectivity index (χ3v) is 3.18. The average molecular weight is 270 g/mol. The Balaban J connectivity index is 2.54. The Labute approximate surface area is 95.1 Å². The third kappa shape index (κ3) is 1.79. The van der Waals surface area contributed by atoms with E-state index in [0.717, 1.165) is 15.9 Å². The van der Waals surface area contributed by atoms with E-state index >= 15 is 0 Å². The van der Waals surface area contributed by atoms with Crippen LogP contribution < -0.4 is 0 Å². The van der Waals surface area contributed by atoms with Crippen LogP contribution in [-0.2, 0) is 7.05 Å². The van der Waals surface area contributed by atoms with E-state index in [0.29, 0.717) is 5.69 Å². The minimum atomic E-state index is -0.345. The summed E-state index contributed by atoms with van der Waals surface area (Å²) in [4.78, 5) is 3.98. The van der Waals surface area contributed by atoms with Gasteiger partial charge in [0.25, 0.3) is 0 Å². The minimum absolute atomic E-state index is 0.345. The molecule has 0 aromatic carbocycles. The molecule has 0 aliphatic rings. The van der Waals surface area contributed by atoms with Gasteiger partial charge in [0.05, 0.1) is 16.4 Å². The second kappa shape index (κ2) is 3.73. The Morgan fingerprint density at radius 2 is 2.13 bits per heavy atom. The normalized spacial score (nSPS) is 10.7. The highest BCUT2D eigenvalue weighted by molar-refractivity contribution is 9.10. The summed E-state index contributed by atoms with van der Waals surface area (Å²) in [7, 11) is 1.85. The molecule has 0 N–H and O–H groups in total. The van der Waals surface area contributed by atoms with Crippen LogP contribution in [0.1, 0.15) is 5.69 Å². The Kier molecular flexibility index (Phi) is 2.56. The predicted octanol–water partition coefficient (Wildman–Crippen LogP) is 2.69. The van der Waals surface area contributed by atoms with Gasteiger partial charge in [-0.15, -0.1) is 0 Å². The smallest absolute Gasteiger partial charge is 0.141 e. The molecule has 0 atom stereocenters. The number of rotatable bonds is 1. The summed E-state index contributed by atoms with van der Waals surface area (Å²) < 4.78 is 15.3. The number of aromatic nitrogens is 3. The molecule has 3 nitrogen and oxygen atoms in total. The molecule has 2 aromatic heterocycles. The molecule has 2 aromatic rings. The first-order valence-corrected chi connectivity index (χ1v) is 5.20. The SMILES string of the molecule is Cc1c(Br)c(-c2ccc(F)cn2)nn1C. The molecule has 0 aliphatic heterocycles. The zero-order valence-electron chi connectivity index (χ0n) is 8.33. The van der Waals surface area contributed by atoms with E-state index in [9.17, 15) is 4.39 Å². The summed E-state index contributed by atoms with van der Waals surface area (Å²) in [6.07, 6.45) is 1.19. The summed E-state index contributed by atoms with van der Waals surface area (Å²) in [6, 6.07) is 2.99. The molecular weight excluding hydrogens is 261 g/mol. The Morgan fingerprint density at radius 1 is 1.40 bits per heavy atom. The van der Waals surface area contributed by atoms with Gasteiger partial charge in [0.1, 0.15) is 11.5 Å². The molecule has 0 bridgehead atoms. The van der Waals surface area contributed by atoms with Gasteiger partial charge in [-0.3, -0.25) is 9.67 Å². The zero-order valence-corrected chi connectivity index (χ0v) is 9.92. The maximum atomic E-state index is 12.7. The molecule has 0 saturated carbocycles. The molecule has 0 aliphatic carbocycles. The molecule has 0 saturated heterocycles. The molecule has 2 heterocycles. The molecule has 5 heteroatoms. The van der Waals surface area contributed by atoms with Crippen molar-refractivity contribution in [3.8, 4) is 11.4 Å². The zero-order chi connectivity index (χ0) is 11.0. The van der Waals surface area contributed by atoms with Gasteiger partial charge >= 0.3 is 0 Å². The molecule has 0 radical (unpaired) electrons. The van der Waals surface area contributed by atoms with Gasteiger partial charge in [-0.1, -0.05) is 0 Å². The summed E-state index contributed by atoms with van der Waals surface area (Å²) in [5.41, 5.74) is 2.40. The van der Waals surface area contributed by atoms with Gasteiger partial charge in [-0.2, -0.15) is 5.10 Å². The summed E-state index contributed by atoms with van der Waals surface area (Å²) in [6.45, 7) is 1.95. The van der Waals surface area contributed by atoms with E-state index in [2.05, 4.69) is 26.0 Å². The Hall–Kier alpha value is -1.23. The Morgan fingerprint density at radius 3 is 2.60 bits per heavy atom. The van der Waals surface area contributed by atoms with Crippen LogP contribution in [0.5, 0.6) is 0 Å². The first-order chi connectivity index (χ1) is 7.09. The average Bonchev–Trinajstić information content (AvgIpc) is 2.47. The topological polar surface area (TPSA) is 30.7 Å². The van der Waals surface area contributed by atoms with Crippen molar-refractivity contribution in [3.63, 3.8) is 0 Å². The number of hydrogen-bond donors (Lipinski definition) is 0. The highest BCUT2D eigenvalue weighted by atomic mass is 79.9. The summed E-state index contributed by atoms with van der Waals surface area (Å²) in [5.74, 6) is -0.345. The molecule has 15 heavy (non-hydrogen) atoms. The van der Waals surface area contributed by atoms with Gasteiger partial charge in [0.15, 0.2) is 0 Å². The number of hydrogen-bond acceptors (Lipinski definition) is 2. The maximum absolute atomic E-state index is 12.7. The molecule has 2 rings (SSSR count). The van der Waals surface area contributed by atoms with E-state index in [-0.39, 0.29) is 5.82 Å². The first-order valence-electron chi connectivity index (χ1n) is 4.40. The van der Waals surface area contributed by atoms with Crippen molar-refractivity contribution in [2.75, 3.05) is 0 Å². The molecule has 0 unspecified atom stereocenters. The van der Waals surface area contributed by atoms with E-state index in [1.165, 1.54) is 12.3 Å². The van der Waals surface area contributed by atoms with E-state index in [1.807, 2.05) is 14.0 Å². The molecule has 0 spiro atoms. The first kappa shape index (κ1) is 10.3. The second-order valence-electron chi connectivity index (χ2n) is 3.23. The minimum Gasteiger partial charge on any atom is -0.271 e. The van der Waals surface area contributed by atoms with Crippen LogP contribution >= 0.6 is 15.9 Å². The van der Waals surface area contributed by atoms with E-state index < -0.39 is 0 Å². The summed E-state index contributed by atoms with van der Waals surface area (Å²) in [5, 5.41) is 4.29. The maximum Gasteiger partial charge on any atom is 0.141 e. The fraction of sp³-hybridized carbons (Fsp3) is 0.200. The number of halogens is 2. The van der Waals surface area contributed by atoms with Gasteiger partial charge < -0.3 is 0 Å².